The second kappa shape index (κ2) is 11.6. The molecule has 2 unspecified atom stereocenters. The normalized spacial score (nSPS) is 31.3. The van der Waals surface area contributed by atoms with E-state index < -0.39 is 35.0 Å². The highest BCUT2D eigenvalue weighted by atomic mass is 35.5. The zero-order valence-corrected chi connectivity index (χ0v) is 29.6. The van der Waals surface area contributed by atoms with Crippen molar-refractivity contribution in [1.82, 2.24) is 4.90 Å². The van der Waals surface area contributed by atoms with E-state index in [0.29, 0.717) is 15.6 Å². The van der Waals surface area contributed by atoms with E-state index in [0.717, 1.165) is 47.2 Å². The number of morpholine rings is 1. The highest BCUT2D eigenvalue weighted by Crippen LogP contribution is 2.71. The van der Waals surface area contributed by atoms with E-state index >= 15 is 4.79 Å². The molecule has 3 aliphatic heterocycles. The summed E-state index contributed by atoms with van der Waals surface area (Å²) in [6.45, 7) is 6.99. The number of cyclic esters (lactones) is 1. The lowest BCUT2D eigenvalue weighted by molar-refractivity contribution is -0.184. The van der Waals surface area contributed by atoms with Crippen molar-refractivity contribution in [3.05, 3.63) is 135 Å². The number of ether oxygens (including phenoxy) is 2. The smallest absolute Gasteiger partial charge is 0.337 e. The van der Waals surface area contributed by atoms with Gasteiger partial charge in [-0.25, -0.2) is 4.79 Å². The summed E-state index contributed by atoms with van der Waals surface area (Å²) in [6.07, 6.45) is 2.15. The van der Waals surface area contributed by atoms with Crippen LogP contribution in [0, 0.1) is 5.41 Å². The summed E-state index contributed by atoms with van der Waals surface area (Å²) in [5.74, 6) is -1.20. The molecule has 0 amide bonds. The third kappa shape index (κ3) is 4.78. The third-order valence-electron chi connectivity index (χ3n) is 12.0. The van der Waals surface area contributed by atoms with Gasteiger partial charge < -0.3 is 14.8 Å². The summed E-state index contributed by atoms with van der Waals surface area (Å²) < 4.78 is 11.8. The van der Waals surface area contributed by atoms with Gasteiger partial charge in [0.25, 0.3) is 0 Å². The number of benzene rings is 4. The van der Waals surface area contributed by atoms with Gasteiger partial charge in [0.05, 0.1) is 24.3 Å². The van der Waals surface area contributed by atoms with Crippen molar-refractivity contribution in [2.45, 2.75) is 81.1 Å². The van der Waals surface area contributed by atoms with Crippen LogP contribution in [0.4, 0.5) is 5.69 Å². The fourth-order valence-corrected chi connectivity index (χ4v) is 10.5. The zero-order chi connectivity index (χ0) is 34.3. The molecule has 49 heavy (non-hydrogen) atoms. The van der Waals surface area contributed by atoms with Crippen molar-refractivity contribution >= 4 is 40.8 Å². The molecule has 0 radical (unpaired) electrons. The van der Waals surface area contributed by atoms with Crippen LogP contribution in [0.3, 0.4) is 0 Å². The van der Waals surface area contributed by atoms with Gasteiger partial charge in [-0.15, -0.1) is 0 Å². The zero-order valence-electron chi connectivity index (χ0n) is 28.1. The van der Waals surface area contributed by atoms with Gasteiger partial charge in [-0.3, -0.25) is 9.69 Å². The summed E-state index contributed by atoms with van der Waals surface area (Å²) in [5, 5.41) is 5.05. The molecule has 3 fully saturated rings. The van der Waals surface area contributed by atoms with Crippen LogP contribution in [0.2, 0.25) is 10.0 Å². The minimum absolute atomic E-state index is 0.0347. The molecule has 252 valence electrons. The average Bonchev–Trinajstić information content (AvgIpc) is 3.33. The number of nitrogens with zero attached hydrogens (tertiary/aromatic N) is 1. The van der Waals surface area contributed by atoms with E-state index in [-0.39, 0.29) is 23.5 Å². The number of methoxy groups -OCH3 is 1. The van der Waals surface area contributed by atoms with E-state index in [1.165, 1.54) is 7.11 Å². The first-order chi connectivity index (χ1) is 23.5. The van der Waals surface area contributed by atoms with Gasteiger partial charge in [0, 0.05) is 33.1 Å². The average molecular weight is 696 g/mol. The minimum Gasteiger partial charge on any atom is -0.465 e. The maximum absolute atomic E-state index is 15.0. The largest absolute Gasteiger partial charge is 0.465 e. The number of rotatable bonds is 4. The van der Waals surface area contributed by atoms with Gasteiger partial charge in [-0.2, -0.15) is 0 Å². The van der Waals surface area contributed by atoms with E-state index in [1.807, 2.05) is 48.5 Å². The van der Waals surface area contributed by atoms with Gasteiger partial charge in [-0.1, -0.05) is 111 Å². The molecule has 0 aromatic heterocycles. The van der Waals surface area contributed by atoms with Gasteiger partial charge in [-0.05, 0) is 77.3 Å². The number of halogens is 2. The SMILES string of the molecule is COC(=O)c1cc(Cl)cc([C@H]2[C@@H]3C(=O)O[C@@H](c4ccccc4)[C@@H](c4ccccc4)N3C34CCC(C)(C)CC3Nc3cc(Cl)ccc3[C@@]24C)c1. The van der Waals surface area contributed by atoms with Crippen LogP contribution >= 0.6 is 23.2 Å². The number of fused-ring (bicyclic) bond motifs is 3. The van der Waals surface area contributed by atoms with Crippen molar-refractivity contribution in [3.8, 4) is 0 Å². The topological polar surface area (TPSA) is 67.9 Å². The Labute approximate surface area is 297 Å². The van der Waals surface area contributed by atoms with Gasteiger partial charge >= 0.3 is 11.9 Å². The van der Waals surface area contributed by atoms with Crippen LogP contribution in [0.15, 0.2) is 97.1 Å². The van der Waals surface area contributed by atoms with E-state index in [4.69, 9.17) is 32.7 Å². The van der Waals surface area contributed by atoms with Crippen LogP contribution in [0.1, 0.15) is 90.7 Å². The Morgan fingerprint density at radius 2 is 1.53 bits per heavy atom. The molecule has 1 saturated carbocycles. The molecule has 8 rings (SSSR count). The van der Waals surface area contributed by atoms with Crippen molar-refractivity contribution in [3.63, 3.8) is 0 Å². The van der Waals surface area contributed by atoms with Crippen LogP contribution in [-0.4, -0.2) is 41.6 Å². The summed E-state index contributed by atoms with van der Waals surface area (Å²) in [4.78, 5) is 30.5. The van der Waals surface area contributed by atoms with Crippen molar-refractivity contribution in [2.24, 2.45) is 5.41 Å². The van der Waals surface area contributed by atoms with Crippen molar-refractivity contribution < 1.29 is 19.1 Å². The molecule has 2 saturated heterocycles. The fourth-order valence-electron chi connectivity index (χ4n) is 10.1. The van der Waals surface area contributed by atoms with Gasteiger partial charge in [0.2, 0.25) is 0 Å². The molecule has 8 heteroatoms. The molecule has 1 N–H and O–H groups in total. The highest BCUT2D eigenvalue weighted by molar-refractivity contribution is 6.31. The molecule has 0 bridgehead atoms. The molecule has 6 nitrogen and oxygen atoms in total. The first kappa shape index (κ1) is 32.4. The number of carbonyl (C=O) groups excluding carboxylic acids is 2. The third-order valence-corrected chi connectivity index (χ3v) is 12.5. The molecule has 7 atom stereocenters. The standard InChI is InChI=1S/C41H40Cl2N2O4/c1-39(2)17-18-41-32(23-39)44-31-22-28(42)15-16-30(31)40(41,3)33(26-19-27(37(46)48-4)21-29(43)20-26)35-38(47)49-36(25-13-9-6-10-14-25)34(45(35)41)24-11-7-5-8-12-24/h5-16,19-22,32-36,44H,17-18,23H2,1-4H3/t32?,33-,34+,35+,36-,40-,41?/m0/s1. The first-order valence-corrected chi connectivity index (χ1v) is 17.8. The Morgan fingerprint density at radius 3 is 2.22 bits per heavy atom. The second-order valence-corrected chi connectivity index (χ2v) is 16.0. The summed E-state index contributed by atoms with van der Waals surface area (Å²) in [5.41, 5.74) is 4.08. The predicted molar refractivity (Wildman–Crippen MR) is 192 cm³/mol. The molecule has 3 heterocycles. The lowest BCUT2D eigenvalue weighted by atomic mass is 9.50. The molecule has 4 aromatic rings. The summed E-state index contributed by atoms with van der Waals surface area (Å²) in [6, 6.07) is 31.0. The molecule has 4 aliphatic rings. The summed E-state index contributed by atoms with van der Waals surface area (Å²) in [7, 11) is 1.37. The van der Waals surface area contributed by atoms with Gasteiger partial charge in [0.1, 0.15) is 12.1 Å². The number of hydrogen-bond acceptors (Lipinski definition) is 6. The molecule has 1 aliphatic carbocycles. The molecule has 1 spiro atoms. The van der Waals surface area contributed by atoms with E-state index in [9.17, 15) is 4.79 Å². The Balaban J connectivity index is 1.47. The van der Waals surface area contributed by atoms with E-state index in [1.54, 1.807) is 6.07 Å². The number of hydrogen-bond donors (Lipinski definition) is 1. The monoisotopic (exact) mass is 694 g/mol. The highest BCUT2D eigenvalue weighted by Gasteiger charge is 2.76. The van der Waals surface area contributed by atoms with Crippen molar-refractivity contribution in [2.75, 3.05) is 12.4 Å². The lowest BCUT2D eigenvalue weighted by Gasteiger charge is -2.64. The number of carbonyl (C=O) groups is 2. The van der Waals surface area contributed by atoms with Crippen molar-refractivity contribution in [1.29, 1.82) is 0 Å². The fraction of sp³-hybridized carbons (Fsp3) is 0.366. The maximum atomic E-state index is 15.0. The van der Waals surface area contributed by atoms with E-state index in [2.05, 4.69) is 73.5 Å². The number of anilines is 1. The predicted octanol–water partition coefficient (Wildman–Crippen LogP) is 9.29. The maximum Gasteiger partial charge on any atom is 0.337 e. The van der Waals surface area contributed by atoms with Crippen LogP contribution < -0.4 is 5.32 Å². The van der Waals surface area contributed by atoms with Crippen LogP contribution in [0.5, 0.6) is 0 Å². The second-order valence-electron chi connectivity index (χ2n) is 15.1. The Kier molecular flexibility index (Phi) is 7.67. The van der Waals surface area contributed by atoms with Gasteiger partial charge in [0.15, 0.2) is 0 Å². The number of nitrogens with one attached hydrogen (secondary N) is 1. The van der Waals surface area contributed by atoms with Crippen LogP contribution in [0.25, 0.3) is 0 Å². The Bertz CT molecular complexity index is 1950. The molecule has 4 aromatic carbocycles. The summed E-state index contributed by atoms with van der Waals surface area (Å²) >= 11 is 13.5. The minimum atomic E-state index is -0.689. The lowest BCUT2D eigenvalue weighted by Crippen LogP contribution is -2.71. The molecular formula is C41H40Cl2N2O4. The molecular weight excluding hydrogens is 655 g/mol. The van der Waals surface area contributed by atoms with Crippen LogP contribution in [-0.2, 0) is 19.7 Å². The quantitative estimate of drug-likeness (QED) is 0.215. The Morgan fingerprint density at radius 1 is 0.837 bits per heavy atom. The first-order valence-electron chi connectivity index (χ1n) is 17.0. The Hall–Kier alpha value is -3.84. The number of esters is 2.